The van der Waals surface area contributed by atoms with E-state index in [0.29, 0.717) is 6.42 Å². The number of benzene rings is 2. The van der Waals surface area contributed by atoms with Crippen LogP contribution in [-0.4, -0.2) is 9.69 Å². The third-order valence-corrected chi connectivity index (χ3v) is 7.44. The minimum absolute atomic E-state index is 0.601. The van der Waals surface area contributed by atoms with E-state index >= 15 is 0 Å². The van der Waals surface area contributed by atoms with Crippen LogP contribution in [0.25, 0.3) is 0 Å². The number of nitrogens with zero attached hydrogens (tertiary/aromatic N) is 1. The first-order valence-electron chi connectivity index (χ1n) is 6.77. The number of rotatable bonds is 6. The van der Waals surface area contributed by atoms with Crippen molar-refractivity contribution in [2.24, 2.45) is 0 Å². The Morgan fingerprint density at radius 3 is 2.00 bits per heavy atom. The number of thioether (sulfide) groups is 1. The van der Waals surface area contributed by atoms with Crippen LogP contribution in [0, 0.1) is 11.3 Å². The van der Waals surface area contributed by atoms with E-state index in [1.54, 1.807) is 11.8 Å². The summed E-state index contributed by atoms with van der Waals surface area (Å²) in [6.07, 6.45) is 1.50. The molecule has 21 heavy (non-hydrogen) atoms. The lowest BCUT2D eigenvalue weighted by Crippen LogP contribution is -2.15. The largest absolute Gasteiger partial charge is 0.198 e. The highest BCUT2D eigenvalue weighted by Gasteiger charge is 2.18. The second-order valence-corrected chi connectivity index (χ2v) is 8.91. The van der Waals surface area contributed by atoms with Gasteiger partial charge in [0, 0.05) is 14.3 Å². The van der Waals surface area contributed by atoms with Crippen LogP contribution in [0.15, 0.2) is 60.7 Å². The minimum atomic E-state index is -0.621. The first-order valence-corrected chi connectivity index (χ1v) is 9.50. The van der Waals surface area contributed by atoms with Crippen LogP contribution >= 0.6 is 31.9 Å². The van der Waals surface area contributed by atoms with Crippen molar-refractivity contribution >= 4 is 46.4 Å². The molecule has 0 bridgehead atoms. The molecule has 0 aromatic heterocycles. The van der Waals surface area contributed by atoms with Gasteiger partial charge in [-0.15, -0.1) is 11.8 Å². The van der Waals surface area contributed by atoms with Gasteiger partial charge in [-0.25, -0.2) is 0 Å². The zero-order valence-electron chi connectivity index (χ0n) is 11.6. The molecule has 0 aliphatic rings. The molecule has 0 unspecified atom stereocenters. The van der Waals surface area contributed by atoms with E-state index in [9.17, 15) is 0 Å². The number of thiocarbonyl (C=S) groups is 1. The zero-order valence-corrected chi connectivity index (χ0v) is 14.1. The standard InChI is InChI=1S/C17H16NPS2/c18-13-7-8-14-21-17(20)19(15-9-3-1-4-10-15)16-11-5-2-6-12-16/h1-6,9-12H,7-8,14H2. The van der Waals surface area contributed by atoms with Crippen LogP contribution in [0.4, 0.5) is 0 Å². The molecule has 106 valence electrons. The summed E-state index contributed by atoms with van der Waals surface area (Å²) in [6, 6.07) is 23.1. The van der Waals surface area contributed by atoms with Crippen LogP contribution in [0.2, 0.25) is 0 Å². The lowest BCUT2D eigenvalue weighted by Gasteiger charge is -2.19. The van der Waals surface area contributed by atoms with E-state index in [2.05, 4.69) is 54.6 Å². The number of hydrogen-bond acceptors (Lipinski definition) is 3. The highest BCUT2D eigenvalue weighted by molar-refractivity contribution is 8.37. The second-order valence-electron chi connectivity index (χ2n) is 4.38. The molecule has 0 saturated heterocycles. The lowest BCUT2D eigenvalue weighted by molar-refractivity contribution is 0.984. The molecule has 0 aliphatic carbocycles. The van der Waals surface area contributed by atoms with Gasteiger partial charge in [-0.2, -0.15) is 5.26 Å². The Morgan fingerprint density at radius 1 is 1.00 bits per heavy atom. The first-order chi connectivity index (χ1) is 10.3. The van der Waals surface area contributed by atoms with Crippen molar-refractivity contribution in [3.05, 3.63) is 60.7 Å². The average Bonchev–Trinajstić information content (AvgIpc) is 2.54. The summed E-state index contributed by atoms with van der Waals surface area (Å²) >= 11 is 7.42. The topological polar surface area (TPSA) is 23.8 Å². The molecule has 0 atom stereocenters. The predicted molar refractivity (Wildman–Crippen MR) is 99.0 cm³/mol. The summed E-state index contributed by atoms with van der Waals surface area (Å²) in [5, 5.41) is 11.2. The predicted octanol–water partition coefficient (Wildman–Crippen LogP) is 4.44. The molecule has 4 heteroatoms. The summed E-state index contributed by atoms with van der Waals surface area (Å²) in [7, 11) is -0.621. The molecule has 2 rings (SSSR count). The van der Waals surface area contributed by atoms with Crippen LogP contribution in [-0.2, 0) is 0 Å². The van der Waals surface area contributed by atoms with Crippen molar-refractivity contribution < 1.29 is 0 Å². The van der Waals surface area contributed by atoms with Crippen molar-refractivity contribution in [1.29, 1.82) is 5.26 Å². The fraction of sp³-hybridized carbons (Fsp3) is 0.176. The molecule has 0 fully saturated rings. The number of nitriles is 1. The number of hydrogen-bond donors (Lipinski definition) is 0. The molecule has 0 radical (unpaired) electrons. The van der Waals surface area contributed by atoms with E-state index in [-0.39, 0.29) is 0 Å². The SMILES string of the molecule is N#CCCCSC(=S)P(c1ccccc1)c1ccccc1. The molecule has 0 amide bonds. The van der Waals surface area contributed by atoms with E-state index in [0.717, 1.165) is 16.1 Å². The third kappa shape index (κ3) is 4.93. The Kier molecular flexibility index (Phi) is 6.89. The summed E-state index contributed by atoms with van der Waals surface area (Å²) in [4.78, 5) is 0. The van der Waals surface area contributed by atoms with E-state index < -0.39 is 7.92 Å². The highest BCUT2D eigenvalue weighted by Crippen LogP contribution is 2.40. The molecule has 1 nitrogen and oxygen atoms in total. The van der Waals surface area contributed by atoms with Crippen molar-refractivity contribution in [2.45, 2.75) is 12.8 Å². The van der Waals surface area contributed by atoms with Gasteiger partial charge in [-0.1, -0.05) is 72.9 Å². The van der Waals surface area contributed by atoms with Gasteiger partial charge in [0.05, 0.1) is 10.0 Å². The van der Waals surface area contributed by atoms with Crippen LogP contribution in [0.3, 0.4) is 0 Å². The molecular formula is C17H16NPS2. The third-order valence-electron chi connectivity index (χ3n) is 2.87. The molecule has 0 aliphatic heterocycles. The van der Waals surface area contributed by atoms with E-state index in [1.165, 1.54) is 10.6 Å². The molecule has 0 N–H and O–H groups in total. The summed E-state index contributed by atoms with van der Waals surface area (Å²) in [5.41, 5.74) is 0. The van der Waals surface area contributed by atoms with Crippen molar-refractivity contribution in [2.75, 3.05) is 5.75 Å². The van der Waals surface area contributed by atoms with Crippen LogP contribution in [0.1, 0.15) is 12.8 Å². The number of unbranched alkanes of at least 4 members (excludes halogenated alkanes) is 1. The Hall–Kier alpha value is -1.20. The summed E-state index contributed by atoms with van der Waals surface area (Å²) < 4.78 is 1.04. The Morgan fingerprint density at radius 2 is 1.52 bits per heavy atom. The van der Waals surface area contributed by atoms with Crippen molar-refractivity contribution in [3.8, 4) is 6.07 Å². The average molecular weight is 329 g/mol. The molecular weight excluding hydrogens is 313 g/mol. The van der Waals surface area contributed by atoms with Gasteiger partial charge in [0.15, 0.2) is 0 Å². The van der Waals surface area contributed by atoms with Gasteiger partial charge in [-0.3, -0.25) is 0 Å². The Balaban J connectivity index is 2.17. The normalized spacial score (nSPS) is 10.3. The van der Waals surface area contributed by atoms with Gasteiger partial charge < -0.3 is 0 Å². The monoisotopic (exact) mass is 329 g/mol. The summed E-state index contributed by atoms with van der Waals surface area (Å²) in [5.74, 6) is 0.922. The van der Waals surface area contributed by atoms with Gasteiger partial charge in [0.25, 0.3) is 0 Å². The summed E-state index contributed by atoms with van der Waals surface area (Å²) in [6.45, 7) is 0. The van der Waals surface area contributed by atoms with Crippen LogP contribution in [0.5, 0.6) is 0 Å². The molecule has 2 aromatic carbocycles. The van der Waals surface area contributed by atoms with Gasteiger partial charge >= 0.3 is 0 Å². The van der Waals surface area contributed by atoms with E-state index in [4.69, 9.17) is 17.5 Å². The van der Waals surface area contributed by atoms with Crippen LogP contribution < -0.4 is 10.6 Å². The second kappa shape index (κ2) is 8.95. The lowest BCUT2D eigenvalue weighted by atomic mass is 10.4. The van der Waals surface area contributed by atoms with E-state index in [1.807, 2.05) is 12.1 Å². The molecule has 0 spiro atoms. The first kappa shape index (κ1) is 16.2. The quantitative estimate of drug-likeness (QED) is 0.445. The Bertz CT molecular complexity index is 568. The molecule has 2 aromatic rings. The molecule has 0 heterocycles. The fourth-order valence-electron chi connectivity index (χ4n) is 1.89. The van der Waals surface area contributed by atoms with Gasteiger partial charge in [0.2, 0.25) is 0 Å². The highest BCUT2D eigenvalue weighted by atomic mass is 32.2. The maximum absolute atomic E-state index is 8.61. The zero-order chi connectivity index (χ0) is 14.9. The fourth-order valence-corrected chi connectivity index (χ4v) is 6.32. The molecule has 0 saturated carbocycles. The van der Waals surface area contributed by atoms with Crippen molar-refractivity contribution in [1.82, 2.24) is 0 Å². The van der Waals surface area contributed by atoms with Gasteiger partial charge in [-0.05, 0) is 22.8 Å². The van der Waals surface area contributed by atoms with Crippen molar-refractivity contribution in [3.63, 3.8) is 0 Å². The Labute approximate surface area is 137 Å². The maximum Gasteiger partial charge on any atom is 0.0798 e. The maximum atomic E-state index is 8.61. The van der Waals surface area contributed by atoms with Gasteiger partial charge in [0.1, 0.15) is 0 Å². The minimum Gasteiger partial charge on any atom is -0.198 e. The smallest absolute Gasteiger partial charge is 0.0798 e.